The minimum atomic E-state index is -0.0886. The van der Waals surface area contributed by atoms with Gasteiger partial charge in [-0.05, 0) is 96.1 Å². The highest BCUT2D eigenvalue weighted by molar-refractivity contribution is 9.10. The fraction of sp³-hybridized carbons (Fsp3) is 0.519. The second-order valence-corrected chi connectivity index (χ2v) is 11.1. The lowest BCUT2D eigenvalue weighted by molar-refractivity contribution is 0.123. The molecule has 2 heterocycles. The van der Waals surface area contributed by atoms with Crippen LogP contribution in [0.15, 0.2) is 47.2 Å². The fourth-order valence-corrected chi connectivity index (χ4v) is 6.67. The molecule has 3 aliphatic rings. The second-order valence-electron chi connectivity index (χ2n) is 10.2. The van der Waals surface area contributed by atoms with Crippen molar-refractivity contribution >= 4 is 27.6 Å². The lowest BCUT2D eigenvalue weighted by Crippen LogP contribution is -2.49. The highest BCUT2D eigenvalue weighted by Crippen LogP contribution is 2.62. The summed E-state index contributed by atoms with van der Waals surface area (Å²) in [4.78, 5) is 22.0. The number of nitrogens with one attached hydrogen (secondary N) is 1. The molecule has 3 fully saturated rings. The maximum Gasteiger partial charge on any atom is 0.322 e. The number of hydrogen-bond donors (Lipinski definition) is 2. The maximum absolute atomic E-state index is 13.5. The molecule has 0 radical (unpaired) electrons. The van der Waals surface area contributed by atoms with Crippen molar-refractivity contribution in [2.75, 3.05) is 31.6 Å². The Labute approximate surface area is 215 Å². The molecule has 1 aromatic heterocycles. The Balaban J connectivity index is 1.30. The van der Waals surface area contributed by atoms with Crippen LogP contribution in [0.5, 0.6) is 0 Å². The van der Waals surface area contributed by atoms with Crippen molar-refractivity contribution in [3.8, 4) is 6.07 Å². The molecule has 5 rings (SSSR count). The third-order valence-electron chi connectivity index (χ3n) is 8.27. The minimum absolute atomic E-state index is 0.0886. The summed E-state index contributed by atoms with van der Waals surface area (Å²) in [6.45, 7) is 2.55. The molecular weight excluding hydrogens is 506 g/mol. The molecule has 1 saturated heterocycles. The molecule has 4 atom stereocenters. The van der Waals surface area contributed by atoms with Gasteiger partial charge in [0.05, 0.1) is 30.1 Å². The molecule has 2 saturated carbocycles. The molecule has 35 heavy (non-hydrogen) atoms. The summed E-state index contributed by atoms with van der Waals surface area (Å²) in [5.41, 5.74) is 2.83. The molecule has 1 aromatic carbocycles. The van der Waals surface area contributed by atoms with Crippen molar-refractivity contribution < 1.29 is 9.90 Å². The second kappa shape index (κ2) is 10.3. The van der Waals surface area contributed by atoms with E-state index in [9.17, 15) is 15.2 Å². The van der Waals surface area contributed by atoms with Gasteiger partial charge in [-0.25, -0.2) is 4.79 Å². The summed E-state index contributed by atoms with van der Waals surface area (Å²) in [7, 11) is 0. The number of amides is 2. The third-order valence-corrected chi connectivity index (χ3v) is 8.71. The van der Waals surface area contributed by atoms with Crippen molar-refractivity contribution in [1.82, 2.24) is 14.8 Å². The quantitative estimate of drug-likeness (QED) is 0.541. The number of aliphatic hydroxyl groups is 1. The summed E-state index contributed by atoms with van der Waals surface area (Å²) < 4.78 is 0.824. The number of carbonyl (C=O) groups excluding carboxylic acids is 1. The fourth-order valence-electron chi connectivity index (χ4n) is 6.30. The summed E-state index contributed by atoms with van der Waals surface area (Å²) in [5.74, 6) is 0.537. The van der Waals surface area contributed by atoms with Crippen molar-refractivity contribution in [3.05, 3.63) is 58.3 Å². The first-order valence-electron chi connectivity index (χ1n) is 12.6. The Morgan fingerprint density at radius 2 is 2.23 bits per heavy atom. The summed E-state index contributed by atoms with van der Waals surface area (Å²) in [5, 5.41) is 22.1. The van der Waals surface area contributed by atoms with Gasteiger partial charge in [0.2, 0.25) is 0 Å². The summed E-state index contributed by atoms with van der Waals surface area (Å²) >= 11 is 3.43. The molecule has 1 unspecified atom stereocenters. The number of aromatic nitrogens is 1. The Morgan fingerprint density at radius 3 is 3.00 bits per heavy atom. The van der Waals surface area contributed by atoms with Crippen LogP contribution in [0, 0.1) is 17.2 Å². The van der Waals surface area contributed by atoms with Gasteiger partial charge in [-0.2, -0.15) is 5.26 Å². The van der Waals surface area contributed by atoms with Gasteiger partial charge in [-0.15, -0.1) is 0 Å². The van der Waals surface area contributed by atoms with Crippen LogP contribution in [-0.4, -0.2) is 64.2 Å². The Morgan fingerprint density at radius 1 is 1.34 bits per heavy atom. The van der Waals surface area contributed by atoms with Gasteiger partial charge in [0.15, 0.2) is 0 Å². The van der Waals surface area contributed by atoms with Gasteiger partial charge in [-0.1, -0.05) is 12.1 Å². The number of nitrogens with zero attached hydrogens (tertiary/aromatic N) is 4. The van der Waals surface area contributed by atoms with Crippen LogP contribution in [0.3, 0.4) is 0 Å². The lowest BCUT2D eigenvalue weighted by atomic mass is 9.80. The van der Waals surface area contributed by atoms with E-state index in [1.54, 1.807) is 12.4 Å². The number of pyridine rings is 1. The lowest BCUT2D eigenvalue weighted by Gasteiger charge is -2.38. The van der Waals surface area contributed by atoms with Crippen LogP contribution in [0.1, 0.15) is 49.7 Å². The van der Waals surface area contributed by atoms with E-state index in [4.69, 9.17) is 0 Å². The van der Waals surface area contributed by atoms with Crippen LogP contribution in [0.2, 0.25) is 0 Å². The number of rotatable bonds is 7. The van der Waals surface area contributed by atoms with E-state index in [-0.39, 0.29) is 30.1 Å². The number of halogens is 1. The molecule has 0 bridgehead atoms. The molecule has 2 aliphatic carbocycles. The first kappa shape index (κ1) is 24.2. The van der Waals surface area contributed by atoms with Gasteiger partial charge in [0.25, 0.3) is 0 Å². The SMILES string of the molecule is N#Cc1cccc([C@]23CC[C@@H](N(CCN4CCC[C@H]4CO)C(=O)Nc4cncc(Br)c4)CC2C3)c1. The van der Waals surface area contributed by atoms with Gasteiger partial charge < -0.3 is 15.3 Å². The summed E-state index contributed by atoms with van der Waals surface area (Å²) in [6.07, 6.45) is 9.55. The molecule has 184 valence electrons. The zero-order valence-corrected chi connectivity index (χ0v) is 21.5. The van der Waals surface area contributed by atoms with Crippen molar-refractivity contribution in [1.29, 1.82) is 5.26 Å². The zero-order chi connectivity index (χ0) is 24.4. The van der Waals surface area contributed by atoms with Gasteiger partial charge in [0.1, 0.15) is 0 Å². The topological polar surface area (TPSA) is 92.5 Å². The van der Waals surface area contributed by atoms with Crippen LogP contribution in [0.4, 0.5) is 10.5 Å². The first-order chi connectivity index (χ1) is 17.0. The predicted molar refractivity (Wildman–Crippen MR) is 138 cm³/mol. The molecule has 2 amide bonds. The Bertz CT molecular complexity index is 1120. The van der Waals surface area contributed by atoms with Crippen molar-refractivity contribution in [2.45, 2.75) is 56.0 Å². The zero-order valence-electron chi connectivity index (χ0n) is 19.9. The Hall–Kier alpha value is -2.47. The molecular formula is C27H32BrN5O2. The molecule has 0 spiro atoms. The number of carbonyl (C=O) groups is 1. The number of likely N-dealkylation sites (tertiary alicyclic amines) is 1. The van der Waals surface area contributed by atoms with Crippen LogP contribution in [-0.2, 0) is 5.41 Å². The van der Waals surface area contributed by atoms with Crippen LogP contribution in [0.25, 0.3) is 0 Å². The smallest absolute Gasteiger partial charge is 0.322 e. The minimum Gasteiger partial charge on any atom is -0.395 e. The number of benzene rings is 1. The summed E-state index contributed by atoms with van der Waals surface area (Å²) in [6, 6.07) is 12.5. The van der Waals surface area contributed by atoms with Crippen molar-refractivity contribution in [2.24, 2.45) is 5.92 Å². The van der Waals surface area contributed by atoms with Crippen LogP contribution >= 0.6 is 15.9 Å². The van der Waals surface area contributed by atoms with Gasteiger partial charge >= 0.3 is 6.03 Å². The van der Waals surface area contributed by atoms with E-state index in [0.29, 0.717) is 18.2 Å². The van der Waals surface area contributed by atoms with Gasteiger partial charge in [-0.3, -0.25) is 9.88 Å². The standard InChI is InChI=1S/C27H32BrN5O2/c28-22-13-23(17-30-16-22)31-26(35)33(10-9-32-8-2-5-25(32)18-34)24-6-7-27(14-21(27)12-24)20-4-1-3-19(11-20)15-29/h1,3-4,11,13,16-17,21,24-25,34H,2,5-10,12,14,18H2,(H,31,35)/t21?,24-,25+,27-/m1/s1. The number of nitriles is 1. The normalized spacial score (nSPS) is 27.6. The highest BCUT2D eigenvalue weighted by atomic mass is 79.9. The van der Waals surface area contributed by atoms with E-state index >= 15 is 0 Å². The van der Waals surface area contributed by atoms with E-state index in [2.05, 4.69) is 43.3 Å². The highest BCUT2D eigenvalue weighted by Gasteiger charge is 2.58. The number of fused-ring (bicyclic) bond motifs is 1. The van der Waals surface area contributed by atoms with E-state index in [1.807, 2.05) is 29.2 Å². The molecule has 7 nitrogen and oxygen atoms in total. The molecule has 2 aromatic rings. The predicted octanol–water partition coefficient (Wildman–Crippen LogP) is 4.52. The van der Waals surface area contributed by atoms with E-state index < -0.39 is 0 Å². The van der Waals surface area contributed by atoms with Gasteiger partial charge in [0, 0.05) is 35.8 Å². The average Bonchev–Trinajstić information content (AvgIpc) is 3.44. The first-order valence-corrected chi connectivity index (χ1v) is 13.4. The van der Waals surface area contributed by atoms with E-state index in [1.165, 1.54) is 5.56 Å². The average molecular weight is 538 g/mol. The number of hydrogen-bond acceptors (Lipinski definition) is 5. The largest absolute Gasteiger partial charge is 0.395 e. The maximum atomic E-state index is 13.5. The van der Waals surface area contributed by atoms with E-state index in [0.717, 1.165) is 61.7 Å². The monoisotopic (exact) mass is 537 g/mol. The molecule has 8 heteroatoms. The van der Waals surface area contributed by atoms with Crippen LogP contribution < -0.4 is 5.32 Å². The number of aliphatic hydroxyl groups excluding tert-OH is 1. The molecule has 1 aliphatic heterocycles. The van der Waals surface area contributed by atoms with Crippen molar-refractivity contribution in [3.63, 3.8) is 0 Å². The number of anilines is 1. The number of urea groups is 1. The molecule has 2 N–H and O–H groups in total. The third kappa shape index (κ3) is 5.09. The Kier molecular flexibility index (Phi) is 7.10.